The third kappa shape index (κ3) is 8.90. The molecule has 0 saturated carbocycles. The number of imide groups is 1. The molecule has 222 valence electrons. The predicted molar refractivity (Wildman–Crippen MR) is 161 cm³/mol. The lowest BCUT2D eigenvalue weighted by Crippen LogP contribution is -2.51. The maximum Gasteiger partial charge on any atom is 0.338 e. The van der Waals surface area contributed by atoms with E-state index >= 15 is 0 Å². The van der Waals surface area contributed by atoms with Crippen molar-refractivity contribution in [1.29, 1.82) is 0 Å². The summed E-state index contributed by atoms with van der Waals surface area (Å²) in [5, 5.41) is 5.00. The number of rotatable bonds is 9. The minimum Gasteiger partial charge on any atom is -0.454 e. The van der Waals surface area contributed by atoms with Crippen molar-refractivity contribution in [2.24, 2.45) is 0 Å². The van der Waals surface area contributed by atoms with Crippen LogP contribution in [0.25, 0.3) is 0 Å². The number of hydrogen-bond acceptors (Lipinski definition) is 8. The van der Waals surface area contributed by atoms with Crippen LogP contribution in [0.3, 0.4) is 0 Å². The molecule has 1 fully saturated rings. The number of thiol groups is 1. The van der Waals surface area contributed by atoms with Crippen LogP contribution in [-0.4, -0.2) is 91.0 Å². The van der Waals surface area contributed by atoms with Crippen molar-refractivity contribution >= 4 is 42.3 Å². The Balaban J connectivity index is 1.30. The highest BCUT2D eigenvalue weighted by atomic mass is 32.1. The minimum absolute atomic E-state index is 0.0113. The first kappa shape index (κ1) is 30.8. The van der Waals surface area contributed by atoms with Crippen molar-refractivity contribution < 1.29 is 23.5 Å². The minimum atomic E-state index is -0.822. The van der Waals surface area contributed by atoms with E-state index in [2.05, 4.69) is 38.2 Å². The van der Waals surface area contributed by atoms with Gasteiger partial charge in [0.2, 0.25) is 5.91 Å². The van der Waals surface area contributed by atoms with Gasteiger partial charge < -0.3 is 14.5 Å². The molecular formula is C29H34FN7O4S. The standard InChI is InChI=1S/C29H34FN7O4S/c1-34(2)12-13-35-14-16-36(17-15-35)28(39)32-26-20-23(10-11-31-26)41-25-9-8-22(19-24(25)30)37(42)29(40)33-27(38)18-21-6-4-3-5-7-21/h3-11,19-20,42H,12-18H2,1-2H3,(H,31,32,39)(H,33,38,40). The number of hydrogen-bond donors (Lipinski definition) is 3. The van der Waals surface area contributed by atoms with Crippen LogP contribution < -0.4 is 19.7 Å². The molecule has 0 atom stereocenters. The number of carbonyl (C=O) groups excluding carboxylic acids is 3. The number of amides is 5. The van der Waals surface area contributed by atoms with Crippen LogP contribution in [0.15, 0.2) is 66.9 Å². The molecule has 4 rings (SSSR count). The van der Waals surface area contributed by atoms with E-state index in [-0.39, 0.29) is 35.5 Å². The van der Waals surface area contributed by atoms with Gasteiger partial charge in [0.15, 0.2) is 11.6 Å². The molecular weight excluding hydrogens is 561 g/mol. The second-order valence-electron chi connectivity index (χ2n) is 9.98. The van der Waals surface area contributed by atoms with E-state index in [9.17, 15) is 18.8 Å². The van der Waals surface area contributed by atoms with Gasteiger partial charge in [-0.3, -0.25) is 20.3 Å². The predicted octanol–water partition coefficient (Wildman–Crippen LogP) is 3.85. The number of nitrogens with zero attached hydrogens (tertiary/aromatic N) is 5. The van der Waals surface area contributed by atoms with E-state index in [1.165, 1.54) is 30.5 Å². The van der Waals surface area contributed by atoms with Crippen molar-refractivity contribution in [2.75, 3.05) is 63.0 Å². The number of halogens is 1. The first-order valence-electron chi connectivity index (χ1n) is 13.4. The highest BCUT2D eigenvalue weighted by Crippen LogP contribution is 2.29. The average Bonchev–Trinajstić information content (AvgIpc) is 2.97. The van der Waals surface area contributed by atoms with Gasteiger partial charge in [0.05, 0.1) is 12.1 Å². The van der Waals surface area contributed by atoms with Crippen LogP contribution in [0.2, 0.25) is 0 Å². The second kappa shape index (κ2) is 14.6. The molecule has 11 nitrogen and oxygen atoms in total. The quantitative estimate of drug-likeness (QED) is 0.323. The third-order valence-electron chi connectivity index (χ3n) is 6.52. The lowest BCUT2D eigenvalue weighted by atomic mass is 10.1. The Kier molecular flexibility index (Phi) is 10.7. The summed E-state index contributed by atoms with van der Waals surface area (Å²) >= 11 is 4.11. The van der Waals surface area contributed by atoms with E-state index in [0.29, 0.717) is 13.1 Å². The highest BCUT2D eigenvalue weighted by molar-refractivity contribution is 7.82. The van der Waals surface area contributed by atoms with Gasteiger partial charge in [0.25, 0.3) is 0 Å². The zero-order chi connectivity index (χ0) is 30.1. The summed E-state index contributed by atoms with van der Waals surface area (Å²) in [7, 11) is 4.07. The Morgan fingerprint density at radius 3 is 2.45 bits per heavy atom. The molecule has 1 aliphatic rings. The first-order valence-corrected chi connectivity index (χ1v) is 13.8. The fraction of sp³-hybridized carbons (Fsp3) is 0.310. The SMILES string of the molecule is CN(C)CCN1CCN(C(=O)Nc2cc(Oc3ccc(N(S)C(=O)NC(=O)Cc4ccccc4)cc3F)ccn2)CC1. The molecule has 3 aromatic rings. The number of benzene rings is 2. The molecule has 0 spiro atoms. The van der Waals surface area contributed by atoms with Gasteiger partial charge in [-0.15, -0.1) is 0 Å². The summed E-state index contributed by atoms with van der Waals surface area (Å²) < 4.78 is 21.4. The Labute approximate surface area is 249 Å². The molecule has 5 amide bonds. The van der Waals surface area contributed by atoms with Gasteiger partial charge in [-0.1, -0.05) is 43.1 Å². The maximum absolute atomic E-state index is 14.9. The summed E-state index contributed by atoms with van der Waals surface area (Å²) in [6, 6.07) is 14.7. The van der Waals surface area contributed by atoms with Crippen LogP contribution in [0, 0.1) is 5.82 Å². The average molecular weight is 596 g/mol. The monoisotopic (exact) mass is 595 g/mol. The topological polar surface area (TPSA) is 110 Å². The van der Waals surface area contributed by atoms with Gasteiger partial charge in [-0.2, -0.15) is 0 Å². The van der Waals surface area contributed by atoms with Crippen LogP contribution in [0.4, 0.5) is 25.5 Å². The number of urea groups is 2. The summed E-state index contributed by atoms with van der Waals surface area (Å²) in [5.41, 5.74) is 0.839. The Hall–Kier alpha value is -4.20. The fourth-order valence-electron chi connectivity index (χ4n) is 4.19. The zero-order valence-corrected chi connectivity index (χ0v) is 24.4. The number of ether oxygens (including phenoxy) is 1. The van der Waals surface area contributed by atoms with E-state index in [1.54, 1.807) is 29.2 Å². The number of carbonyl (C=O) groups is 3. The van der Waals surface area contributed by atoms with Crippen molar-refractivity contribution in [1.82, 2.24) is 25.0 Å². The summed E-state index contributed by atoms with van der Waals surface area (Å²) in [6.45, 7) is 4.72. The van der Waals surface area contributed by atoms with Gasteiger partial charge in [-0.05, 0) is 37.9 Å². The summed E-state index contributed by atoms with van der Waals surface area (Å²) in [4.78, 5) is 47.8. The van der Waals surface area contributed by atoms with E-state index in [0.717, 1.165) is 42.1 Å². The van der Waals surface area contributed by atoms with Crippen molar-refractivity contribution in [3.05, 3.63) is 78.2 Å². The van der Waals surface area contributed by atoms with Crippen LogP contribution in [-0.2, 0) is 11.2 Å². The number of anilines is 2. The van der Waals surface area contributed by atoms with Gasteiger partial charge in [0.1, 0.15) is 11.6 Å². The van der Waals surface area contributed by atoms with Crippen molar-refractivity contribution in [2.45, 2.75) is 6.42 Å². The largest absolute Gasteiger partial charge is 0.454 e. The zero-order valence-electron chi connectivity index (χ0n) is 23.5. The molecule has 2 aromatic carbocycles. The second-order valence-corrected chi connectivity index (χ2v) is 10.4. The van der Waals surface area contributed by atoms with E-state index in [4.69, 9.17) is 4.74 Å². The maximum atomic E-state index is 14.9. The molecule has 1 saturated heterocycles. The van der Waals surface area contributed by atoms with Crippen molar-refractivity contribution in [3.8, 4) is 11.5 Å². The fourth-order valence-corrected chi connectivity index (χ4v) is 4.37. The van der Waals surface area contributed by atoms with Crippen molar-refractivity contribution in [3.63, 3.8) is 0 Å². The smallest absolute Gasteiger partial charge is 0.338 e. The molecule has 0 unspecified atom stereocenters. The third-order valence-corrected chi connectivity index (χ3v) is 6.94. The van der Waals surface area contributed by atoms with Gasteiger partial charge in [-0.25, -0.2) is 23.3 Å². The number of likely N-dealkylation sites (N-methyl/N-ethyl adjacent to an activating group) is 1. The Morgan fingerprint density at radius 2 is 1.76 bits per heavy atom. The van der Waals surface area contributed by atoms with Crippen LogP contribution in [0.1, 0.15) is 5.56 Å². The normalized spacial score (nSPS) is 13.5. The number of nitrogens with one attached hydrogen (secondary N) is 2. The lowest BCUT2D eigenvalue weighted by molar-refractivity contribution is -0.119. The van der Waals surface area contributed by atoms with Crippen LogP contribution in [0.5, 0.6) is 11.5 Å². The Bertz CT molecular complexity index is 1390. The molecule has 1 aliphatic heterocycles. The highest BCUT2D eigenvalue weighted by Gasteiger charge is 2.22. The van der Waals surface area contributed by atoms with E-state index in [1.807, 2.05) is 20.2 Å². The molecule has 1 aromatic heterocycles. The number of pyridine rings is 1. The van der Waals surface area contributed by atoms with Gasteiger partial charge in [0, 0.05) is 57.6 Å². The summed E-state index contributed by atoms with van der Waals surface area (Å²) in [5.74, 6) is -0.869. The molecule has 0 aliphatic carbocycles. The number of aromatic nitrogens is 1. The molecule has 0 radical (unpaired) electrons. The number of piperazine rings is 1. The summed E-state index contributed by atoms with van der Waals surface area (Å²) in [6.07, 6.45) is 1.46. The Morgan fingerprint density at radius 1 is 1.02 bits per heavy atom. The molecule has 2 heterocycles. The lowest BCUT2D eigenvalue weighted by Gasteiger charge is -2.35. The molecule has 13 heteroatoms. The first-order chi connectivity index (χ1) is 20.2. The molecule has 0 bridgehead atoms. The van der Waals surface area contributed by atoms with Gasteiger partial charge >= 0.3 is 12.1 Å². The van der Waals surface area contributed by atoms with Crippen LogP contribution >= 0.6 is 12.8 Å². The molecule has 2 N–H and O–H groups in total. The molecule has 42 heavy (non-hydrogen) atoms. The van der Waals surface area contributed by atoms with E-state index < -0.39 is 17.8 Å².